The van der Waals surface area contributed by atoms with Gasteiger partial charge in [-0.05, 0) is 0 Å². The lowest BCUT2D eigenvalue weighted by molar-refractivity contribution is -0.139. The summed E-state index contributed by atoms with van der Waals surface area (Å²) in [4.78, 5) is 54.0. The third kappa shape index (κ3) is 8.27. The molecule has 0 heterocycles. The van der Waals surface area contributed by atoms with Crippen LogP contribution in [0.15, 0.2) is 0 Å². The highest BCUT2D eigenvalue weighted by molar-refractivity contribution is 5.93. The molecule has 20 heavy (non-hydrogen) atoms. The summed E-state index contributed by atoms with van der Waals surface area (Å²) in [5, 5.41) is 22.6. The molecular formula is C9H14N4O7. The van der Waals surface area contributed by atoms with E-state index in [2.05, 4.69) is 0 Å². The minimum atomic E-state index is -1.40. The highest BCUT2D eigenvalue weighted by Gasteiger charge is 2.23. The molecule has 112 valence electrons. The molecule has 0 aromatic rings. The second-order valence-electron chi connectivity index (χ2n) is 3.55. The van der Waals surface area contributed by atoms with Crippen molar-refractivity contribution < 1.29 is 34.2 Å². The van der Waals surface area contributed by atoms with Crippen molar-refractivity contribution in [2.24, 2.45) is 5.73 Å². The first-order valence-corrected chi connectivity index (χ1v) is 5.26. The Kier molecular flexibility index (Phi) is 7.11. The molecule has 0 saturated heterocycles. The minimum absolute atomic E-state index is 0.582. The first kappa shape index (κ1) is 17.2. The largest absolute Gasteiger partial charge is 0.480 e. The Labute approximate surface area is 112 Å². The molecule has 0 aromatic carbocycles. The predicted octanol–water partition coefficient (Wildman–Crippen LogP) is -3.18. The third-order valence-corrected chi connectivity index (χ3v) is 1.87. The molecule has 1 atom stereocenters. The molecule has 0 aliphatic rings. The Bertz CT molecular complexity index is 423. The van der Waals surface area contributed by atoms with Crippen molar-refractivity contribution in [1.82, 2.24) is 16.0 Å². The van der Waals surface area contributed by atoms with Crippen molar-refractivity contribution in [2.75, 3.05) is 13.1 Å². The maximum absolute atomic E-state index is 11.5. The van der Waals surface area contributed by atoms with Crippen molar-refractivity contribution in [1.29, 1.82) is 0 Å². The van der Waals surface area contributed by atoms with Gasteiger partial charge in [-0.2, -0.15) is 0 Å². The van der Waals surface area contributed by atoms with Crippen LogP contribution in [-0.2, 0) is 19.2 Å². The number of carbonyl (C=O) groups is 5. The van der Waals surface area contributed by atoms with Crippen LogP contribution in [0.4, 0.5) is 4.79 Å². The number of carboxylic acid groups (broad SMARTS) is 2. The van der Waals surface area contributed by atoms with Gasteiger partial charge in [0.25, 0.3) is 0 Å². The Balaban J connectivity index is 4.50. The van der Waals surface area contributed by atoms with E-state index < -0.39 is 55.3 Å². The molecule has 1 unspecified atom stereocenters. The maximum Gasteiger partial charge on any atom is 0.322 e. The van der Waals surface area contributed by atoms with Gasteiger partial charge in [0.05, 0.1) is 6.42 Å². The number of hydrogen-bond donors (Lipinski definition) is 6. The zero-order valence-electron chi connectivity index (χ0n) is 10.2. The van der Waals surface area contributed by atoms with E-state index in [0.29, 0.717) is 0 Å². The number of rotatable bonds is 8. The van der Waals surface area contributed by atoms with Gasteiger partial charge in [0.2, 0.25) is 11.8 Å². The van der Waals surface area contributed by atoms with Gasteiger partial charge in [0.1, 0.15) is 19.1 Å². The number of primary amides is 1. The van der Waals surface area contributed by atoms with Gasteiger partial charge < -0.3 is 31.9 Å². The van der Waals surface area contributed by atoms with Crippen LogP contribution in [0.3, 0.4) is 0 Å². The highest BCUT2D eigenvalue weighted by Crippen LogP contribution is 1.93. The zero-order valence-corrected chi connectivity index (χ0v) is 10.2. The van der Waals surface area contributed by atoms with Crippen molar-refractivity contribution >= 4 is 29.8 Å². The van der Waals surface area contributed by atoms with Gasteiger partial charge in [0, 0.05) is 0 Å². The zero-order chi connectivity index (χ0) is 15.7. The monoisotopic (exact) mass is 290 g/mol. The summed E-state index contributed by atoms with van der Waals surface area (Å²) in [5.74, 6) is -4.35. The van der Waals surface area contributed by atoms with E-state index in [9.17, 15) is 24.0 Å². The van der Waals surface area contributed by atoms with Crippen LogP contribution >= 0.6 is 0 Å². The Hall–Kier alpha value is -2.85. The lowest BCUT2D eigenvalue weighted by Gasteiger charge is -2.16. The van der Waals surface area contributed by atoms with E-state index in [0.717, 1.165) is 0 Å². The number of aliphatic carboxylic acids is 2. The molecule has 0 aliphatic heterocycles. The van der Waals surface area contributed by atoms with Crippen LogP contribution < -0.4 is 21.7 Å². The average molecular weight is 290 g/mol. The smallest absolute Gasteiger partial charge is 0.322 e. The maximum atomic E-state index is 11.5. The quantitative estimate of drug-likeness (QED) is 0.271. The topological polar surface area (TPSA) is 188 Å². The second-order valence-corrected chi connectivity index (χ2v) is 3.55. The molecule has 0 aliphatic carbocycles. The van der Waals surface area contributed by atoms with Gasteiger partial charge in [-0.3, -0.25) is 19.2 Å². The predicted molar refractivity (Wildman–Crippen MR) is 62.4 cm³/mol. The number of nitrogens with one attached hydrogen (secondary N) is 3. The summed E-state index contributed by atoms with van der Waals surface area (Å²) in [6.07, 6.45) is -0.582. The van der Waals surface area contributed by atoms with Crippen molar-refractivity contribution in [3.63, 3.8) is 0 Å². The Morgan fingerprint density at radius 1 is 0.950 bits per heavy atom. The highest BCUT2D eigenvalue weighted by atomic mass is 16.4. The van der Waals surface area contributed by atoms with Gasteiger partial charge in [-0.25, -0.2) is 4.79 Å². The van der Waals surface area contributed by atoms with Gasteiger partial charge in [-0.15, -0.1) is 0 Å². The molecule has 0 saturated carbocycles. The fourth-order valence-electron chi connectivity index (χ4n) is 1.10. The van der Waals surface area contributed by atoms with Gasteiger partial charge in [-0.1, -0.05) is 0 Å². The number of carboxylic acids is 2. The summed E-state index contributed by atoms with van der Waals surface area (Å²) >= 11 is 0. The van der Waals surface area contributed by atoms with Crippen LogP contribution in [0.5, 0.6) is 0 Å². The molecule has 0 aromatic heterocycles. The summed E-state index contributed by atoms with van der Waals surface area (Å²) < 4.78 is 0. The number of hydrogen-bond acceptors (Lipinski definition) is 5. The fourth-order valence-corrected chi connectivity index (χ4v) is 1.10. The SMILES string of the molecule is NC(=O)NC(CC(=O)NCC(=O)O)C(=O)NCC(=O)O. The second kappa shape index (κ2) is 8.29. The van der Waals surface area contributed by atoms with E-state index >= 15 is 0 Å². The fraction of sp³-hybridized carbons (Fsp3) is 0.444. The molecule has 4 amide bonds. The summed E-state index contributed by atoms with van der Waals surface area (Å²) in [6.45, 7) is -1.36. The number of nitrogens with two attached hydrogens (primary N) is 1. The Morgan fingerprint density at radius 3 is 1.90 bits per heavy atom. The van der Waals surface area contributed by atoms with Crippen LogP contribution in [0.2, 0.25) is 0 Å². The van der Waals surface area contributed by atoms with Crippen molar-refractivity contribution in [3.05, 3.63) is 0 Å². The van der Waals surface area contributed by atoms with Crippen molar-refractivity contribution in [2.45, 2.75) is 12.5 Å². The summed E-state index contributed by atoms with van der Waals surface area (Å²) in [6, 6.07) is -2.49. The van der Waals surface area contributed by atoms with Gasteiger partial charge >= 0.3 is 18.0 Å². The van der Waals surface area contributed by atoms with Gasteiger partial charge in [0.15, 0.2) is 0 Å². The molecular weight excluding hydrogens is 276 g/mol. The van der Waals surface area contributed by atoms with Crippen LogP contribution in [0, 0.1) is 0 Å². The molecule has 7 N–H and O–H groups in total. The molecule has 0 radical (unpaired) electrons. The van der Waals surface area contributed by atoms with E-state index in [1.54, 1.807) is 0 Å². The molecule has 0 fully saturated rings. The molecule has 11 heteroatoms. The van der Waals surface area contributed by atoms with Crippen molar-refractivity contribution in [3.8, 4) is 0 Å². The van der Waals surface area contributed by atoms with E-state index in [4.69, 9.17) is 15.9 Å². The number of amides is 4. The normalized spacial score (nSPS) is 11.0. The average Bonchev–Trinajstić information content (AvgIpc) is 2.32. The number of urea groups is 1. The van der Waals surface area contributed by atoms with Crippen LogP contribution in [0.1, 0.15) is 6.42 Å². The van der Waals surface area contributed by atoms with E-state index in [1.807, 2.05) is 16.0 Å². The molecule has 0 bridgehead atoms. The number of carbonyl (C=O) groups excluding carboxylic acids is 3. The first-order valence-electron chi connectivity index (χ1n) is 5.26. The lowest BCUT2D eigenvalue weighted by atomic mass is 10.2. The lowest BCUT2D eigenvalue weighted by Crippen LogP contribution is -2.51. The first-order chi connectivity index (χ1) is 9.22. The third-order valence-electron chi connectivity index (χ3n) is 1.87. The molecule has 11 nitrogen and oxygen atoms in total. The summed E-state index contributed by atoms with van der Waals surface area (Å²) in [5.41, 5.74) is 4.81. The van der Waals surface area contributed by atoms with Crippen LogP contribution in [0.25, 0.3) is 0 Å². The minimum Gasteiger partial charge on any atom is -0.480 e. The van der Waals surface area contributed by atoms with E-state index in [1.165, 1.54) is 0 Å². The van der Waals surface area contributed by atoms with E-state index in [-0.39, 0.29) is 0 Å². The molecule has 0 spiro atoms. The summed E-state index contributed by atoms with van der Waals surface area (Å²) in [7, 11) is 0. The Morgan fingerprint density at radius 2 is 1.45 bits per heavy atom. The molecule has 0 rings (SSSR count). The standard InChI is InChI=1S/C9H14N4O7/c10-9(20)13-4(8(19)12-3-7(17)18)1-5(14)11-2-6(15)16/h4H,1-3H2,(H,11,14)(H,12,19)(H,15,16)(H,17,18)(H3,10,13,20). The van der Waals surface area contributed by atoms with Crippen LogP contribution in [-0.4, -0.2) is 59.1 Å².